The molecule has 1 heterocycles. The van der Waals surface area contributed by atoms with Gasteiger partial charge in [-0.2, -0.15) is 10.5 Å². The summed E-state index contributed by atoms with van der Waals surface area (Å²) in [4.78, 5) is 16.8. The van der Waals surface area contributed by atoms with E-state index in [0.717, 1.165) is 16.6 Å². The van der Waals surface area contributed by atoms with E-state index in [1.54, 1.807) is 37.5 Å². The van der Waals surface area contributed by atoms with Crippen molar-refractivity contribution in [3.63, 3.8) is 0 Å². The molecule has 0 aliphatic rings. The molecule has 0 saturated carbocycles. The van der Waals surface area contributed by atoms with E-state index in [1.807, 2.05) is 22.8 Å². The zero-order chi connectivity index (χ0) is 19.2. The number of imidazole rings is 1. The van der Waals surface area contributed by atoms with Gasteiger partial charge in [-0.05, 0) is 49.2 Å². The summed E-state index contributed by atoms with van der Waals surface area (Å²) in [6.07, 6.45) is 2.18. The number of benzene rings is 2. The Morgan fingerprint density at radius 2 is 1.85 bits per heavy atom. The Labute approximate surface area is 157 Å². The van der Waals surface area contributed by atoms with Gasteiger partial charge in [-0.3, -0.25) is 4.79 Å². The predicted molar refractivity (Wildman–Crippen MR) is 99.4 cm³/mol. The summed E-state index contributed by atoms with van der Waals surface area (Å²) in [7, 11) is 0. The molecule has 0 bridgehead atoms. The number of rotatable bonds is 6. The van der Waals surface area contributed by atoms with E-state index in [1.165, 1.54) is 0 Å². The number of carbonyl (C=O) groups is 1. The molecule has 1 unspecified atom stereocenters. The zero-order valence-corrected chi connectivity index (χ0v) is 14.9. The number of hydrogen-bond acceptors (Lipinski definition) is 5. The molecule has 0 spiro atoms. The van der Waals surface area contributed by atoms with Crippen LogP contribution < -0.4 is 0 Å². The smallest absolute Gasteiger partial charge is 0.311 e. The van der Waals surface area contributed by atoms with E-state index in [0.29, 0.717) is 30.7 Å². The highest BCUT2D eigenvalue weighted by Gasteiger charge is 2.22. The molecule has 0 N–H and O–H groups in total. The van der Waals surface area contributed by atoms with Crippen molar-refractivity contribution in [1.29, 1.82) is 10.5 Å². The lowest BCUT2D eigenvalue weighted by Gasteiger charge is -2.17. The van der Waals surface area contributed by atoms with Crippen molar-refractivity contribution in [3.8, 4) is 12.1 Å². The van der Waals surface area contributed by atoms with E-state index < -0.39 is 0 Å². The van der Waals surface area contributed by atoms with Gasteiger partial charge in [0.05, 0.1) is 53.2 Å². The average Bonchev–Trinajstić information content (AvgIpc) is 3.10. The molecule has 6 heteroatoms. The Morgan fingerprint density at radius 3 is 2.52 bits per heavy atom. The van der Waals surface area contributed by atoms with Gasteiger partial charge in [0.2, 0.25) is 0 Å². The molecule has 1 atom stereocenters. The highest BCUT2D eigenvalue weighted by atomic mass is 16.5. The second-order valence-corrected chi connectivity index (χ2v) is 6.17. The monoisotopic (exact) mass is 358 g/mol. The molecule has 27 heavy (non-hydrogen) atoms. The third kappa shape index (κ3) is 4.13. The first-order valence-corrected chi connectivity index (χ1v) is 8.65. The fourth-order valence-electron chi connectivity index (χ4n) is 3.00. The summed E-state index contributed by atoms with van der Waals surface area (Å²) in [6.45, 7) is 2.52. The van der Waals surface area contributed by atoms with E-state index in [-0.39, 0.29) is 11.9 Å². The van der Waals surface area contributed by atoms with Gasteiger partial charge in [-0.1, -0.05) is 12.1 Å². The lowest BCUT2D eigenvalue weighted by Crippen LogP contribution is -2.24. The van der Waals surface area contributed by atoms with Crippen molar-refractivity contribution in [3.05, 3.63) is 65.5 Å². The quantitative estimate of drug-likeness (QED) is 0.631. The number of ether oxygens (including phenoxy) is 1. The van der Waals surface area contributed by atoms with Crippen LogP contribution in [0.1, 0.15) is 23.6 Å². The number of nitriles is 2. The van der Waals surface area contributed by atoms with Gasteiger partial charge in [0.15, 0.2) is 0 Å². The molecule has 0 aliphatic heterocycles. The molecule has 3 aromatic rings. The highest BCUT2D eigenvalue weighted by Crippen LogP contribution is 2.19. The van der Waals surface area contributed by atoms with Crippen LogP contribution in [0.2, 0.25) is 0 Å². The second-order valence-electron chi connectivity index (χ2n) is 6.17. The number of carbonyl (C=O) groups excluding carboxylic acids is 1. The van der Waals surface area contributed by atoms with Crippen molar-refractivity contribution in [2.24, 2.45) is 5.92 Å². The molecule has 134 valence electrons. The normalized spacial score (nSPS) is 11.5. The van der Waals surface area contributed by atoms with Crippen molar-refractivity contribution in [2.45, 2.75) is 19.9 Å². The first-order valence-electron chi connectivity index (χ1n) is 8.65. The third-order valence-corrected chi connectivity index (χ3v) is 4.35. The van der Waals surface area contributed by atoms with Gasteiger partial charge in [-0.25, -0.2) is 4.98 Å². The summed E-state index contributed by atoms with van der Waals surface area (Å²) in [6, 6.07) is 16.7. The number of aromatic nitrogens is 2. The summed E-state index contributed by atoms with van der Waals surface area (Å²) in [5, 5.41) is 17.9. The van der Waals surface area contributed by atoms with Crippen LogP contribution in [0.25, 0.3) is 11.0 Å². The van der Waals surface area contributed by atoms with Gasteiger partial charge in [0, 0.05) is 6.54 Å². The largest absolute Gasteiger partial charge is 0.466 e. The van der Waals surface area contributed by atoms with Crippen LogP contribution >= 0.6 is 0 Å². The maximum Gasteiger partial charge on any atom is 0.311 e. The molecule has 0 radical (unpaired) electrons. The molecular formula is C21H18N4O2. The van der Waals surface area contributed by atoms with Crippen molar-refractivity contribution in [2.75, 3.05) is 6.61 Å². The topological polar surface area (TPSA) is 91.7 Å². The first-order chi connectivity index (χ1) is 13.1. The Balaban J connectivity index is 1.86. The minimum absolute atomic E-state index is 0.266. The highest BCUT2D eigenvalue weighted by molar-refractivity contribution is 5.78. The number of nitrogens with zero attached hydrogens (tertiary/aromatic N) is 4. The van der Waals surface area contributed by atoms with Gasteiger partial charge in [0.1, 0.15) is 0 Å². The molecule has 0 aliphatic carbocycles. The molecular weight excluding hydrogens is 340 g/mol. The minimum atomic E-state index is -0.383. The van der Waals surface area contributed by atoms with Crippen molar-refractivity contribution >= 4 is 17.0 Å². The van der Waals surface area contributed by atoms with Gasteiger partial charge in [-0.15, -0.1) is 0 Å². The maximum atomic E-state index is 12.5. The fourth-order valence-corrected chi connectivity index (χ4v) is 3.00. The second kappa shape index (κ2) is 8.16. The number of esters is 1. The Kier molecular flexibility index (Phi) is 5.49. The molecule has 6 nitrogen and oxygen atoms in total. The van der Waals surface area contributed by atoms with Gasteiger partial charge < -0.3 is 9.30 Å². The van der Waals surface area contributed by atoms with E-state index >= 15 is 0 Å². The average molecular weight is 358 g/mol. The molecule has 0 fully saturated rings. The number of hydrogen-bond donors (Lipinski definition) is 0. The lowest BCUT2D eigenvalue weighted by molar-refractivity contribution is -0.148. The summed E-state index contributed by atoms with van der Waals surface area (Å²) in [5.74, 6) is -0.650. The molecule has 0 amide bonds. The molecule has 2 aromatic carbocycles. The molecule has 1 aromatic heterocycles. The van der Waals surface area contributed by atoms with Crippen LogP contribution in [0.15, 0.2) is 48.8 Å². The first kappa shape index (κ1) is 18.2. The van der Waals surface area contributed by atoms with Crippen LogP contribution in [0.4, 0.5) is 0 Å². The Bertz CT molecular complexity index is 1040. The van der Waals surface area contributed by atoms with Crippen LogP contribution in [-0.4, -0.2) is 22.1 Å². The van der Waals surface area contributed by atoms with E-state index in [9.17, 15) is 4.79 Å². The van der Waals surface area contributed by atoms with Crippen molar-refractivity contribution < 1.29 is 9.53 Å². The van der Waals surface area contributed by atoms with Crippen LogP contribution in [0.5, 0.6) is 0 Å². The molecule has 0 saturated heterocycles. The van der Waals surface area contributed by atoms with Crippen LogP contribution in [0.3, 0.4) is 0 Å². The lowest BCUT2D eigenvalue weighted by atomic mass is 9.98. The Morgan fingerprint density at radius 1 is 1.15 bits per heavy atom. The Hall–Kier alpha value is -3.64. The zero-order valence-electron chi connectivity index (χ0n) is 14.9. The predicted octanol–water partition coefficient (Wildman–Crippen LogP) is 3.20. The SMILES string of the molecule is CCOC(=O)C(Cc1ccc(C#N)cc1)Cn1cnc2cc(C#N)ccc21. The standard InChI is InChI=1S/C21H18N4O2/c1-2-27-21(26)18(9-15-3-5-16(11-22)6-4-15)13-25-14-24-19-10-17(12-23)7-8-20(19)25/h3-8,10,14,18H,2,9,13H2,1H3. The van der Waals surface area contributed by atoms with Crippen LogP contribution in [-0.2, 0) is 22.5 Å². The van der Waals surface area contributed by atoms with Crippen LogP contribution in [0, 0.1) is 28.6 Å². The van der Waals surface area contributed by atoms with E-state index in [4.69, 9.17) is 15.3 Å². The minimum Gasteiger partial charge on any atom is -0.466 e. The fraction of sp³-hybridized carbons (Fsp3) is 0.238. The van der Waals surface area contributed by atoms with E-state index in [2.05, 4.69) is 17.1 Å². The summed E-state index contributed by atoms with van der Waals surface area (Å²) < 4.78 is 7.15. The van der Waals surface area contributed by atoms with Gasteiger partial charge in [0.25, 0.3) is 0 Å². The number of fused-ring (bicyclic) bond motifs is 1. The maximum absolute atomic E-state index is 12.5. The summed E-state index contributed by atoms with van der Waals surface area (Å²) >= 11 is 0. The van der Waals surface area contributed by atoms with Crippen molar-refractivity contribution in [1.82, 2.24) is 9.55 Å². The van der Waals surface area contributed by atoms with Gasteiger partial charge >= 0.3 is 5.97 Å². The third-order valence-electron chi connectivity index (χ3n) is 4.35. The summed E-state index contributed by atoms with van der Waals surface area (Å²) in [5.41, 5.74) is 3.68. The molecule has 3 rings (SSSR count).